The molecule has 2 aromatic heterocycles. The first-order chi connectivity index (χ1) is 6.16. The van der Waals surface area contributed by atoms with E-state index in [-0.39, 0.29) is 5.59 Å². The van der Waals surface area contributed by atoms with E-state index in [0.29, 0.717) is 17.1 Å². The molecule has 0 bridgehead atoms. The molecule has 0 aliphatic carbocycles. The maximum absolute atomic E-state index is 8.82. The highest BCUT2D eigenvalue weighted by Crippen LogP contribution is 2.09. The average molecular weight is 178 g/mol. The summed E-state index contributed by atoms with van der Waals surface area (Å²) >= 11 is 0. The van der Waals surface area contributed by atoms with Crippen molar-refractivity contribution < 1.29 is 14.5 Å². The normalized spacial score (nSPS) is 10.7. The van der Waals surface area contributed by atoms with Gasteiger partial charge in [-0.05, 0) is 12.1 Å². The Morgan fingerprint density at radius 3 is 2.77 bits per heavy atom. The van der Waals surface area contributed by atoms with E-state index in [1.54, 1.807) is 13.0 Å². The Hall–Kier alpha value is -1.40. The topological polar surface area (TPSA) is 79.4 Å². The first-order valence-corrected chi connectivity index (χ1v) is 3.77. The van der Waals surface area contributed by atoms with Crippen LogP contribution in [0.5, 0.6) is 0 Å². The molecule has 0 unspecified atom stereocenters. The quantitative estimate of drug-likeness (QED) is 0.559. The number of aryl methyl sites for hydroxylation is 1. The van der Waals surface area contributed by atoms with Crippen molar-refractivity contribution >= 4 is 23.9 Å². The SMILES string of the molecule is Cc1nc2ccc(B(O)O)nc2o1. The number of pyridine rings is 1. The molecule has 0 aliphatic rings. The van der Waals surface area contributed by atoms with Crippen LogP contribution in [0, 0.1) is 6.92 Å². The minimum Gasteiger partial charge on any atom is -0.423 e. The van der Waals surface area contributed by atoms with E-state index in [0.717, 1.165) is 0 Å². The number of hydrogen-bond donors (Lipinski definition) is 2. The van der Waals surface area contributed by atoms with Crippen LogP contribution in [-0.2, 0) is 0 Å². The third-order valence-electron chi connectivity index (χ3n) is 1.65. The van der Waals surface area contributed by atoms with Crippen LogP contribution in [0.4, 0.5) is 0 Å². The maximum atomic E-state index is 8.82. The van der Waals surface area contributed by atoms with Gasteiger partial charge in [0.1, 0.15) is 5.52 Å². The summed E-state index contributed by atoms with van der Waals surface area (Å²) in [6, 6.07) is 3.13. The van der Waals surface area contributed by atoms with Crippen LogP contribution < -0.4 is 5.59 Å². The van der Waals surface area contributed by atoms with Crippen LogP contribution in [0.25, 0.3) is 11.2 Å². The molecule has 0 radical (unpaired) electrons. The molecule has 0 amide bonds. The van der Waals surface area contributed by atoms with Gasteiger partial charge in [0.15, 0.2) is 5.89 Å². The molecule has 0 saturated carbocycles. The van der Waals surface area contributed by atoms with Crippen molar-refractivity contribution in [1.29, 1.82) is 0 Å². The zero-order valence-electron chi connectivity index (χ0n) is 6.93. The Kier molecular flexibility index (Phi) is 1.79. The van der Waals surface area contributed by atoms with Gasteiger partial charge in [-0.2, -0.15) is 0 Å². The predicted octanol–water partition coefficient (Wildman–Crippen LogP) is -0.789. The van der Waals surface area contributed by atoms with Crippen molar-refractivity contribution in [2.24, 2.45) is 0 Å². The Balaban J connectivity index is 2.61. The van der Waals surface area contributed by atoms with Gasteiger partial charge in [0.2, 0.25) is 5.71 Å². The van der Waals surface area contributed by atoms with Gasteiger partial charge < -0.3 is 14.5 Å². The van der Waals surface area contributed by atoms with Crippen molar-refractivity contribution in [3.05, 3.63) is 18.0 Å². The van der Waals surface area contributed by atoms with Crippen molar-refractivity contribution in [2.45, 2.75) is 6.92 Å². The first kappa shape index (κ1) is 8.21. The molecule has 0 atom stereocenters. The lowest BCUT2D eigenvalue weighted by Crippen LogP contribution is -2.32. The molecular formula is C7H7BN2O3. The third kappa shape index (κ3) is 1.41. The minimum absolute atomic E-state index is 0.156. The van der Waals surface area contributed by atoms with Crippen LogP contribution in [0.15, 0.2) is 16.5 Å². The van der Waals surface area contributed by atoms with Crippen LogP contribution >= 0.6 is 0 Å². The molecule has 6 heteroatoms. The molecule has 66 valence electrons. The molecule has 0 saturated heterocycles. The fourth-order valence-corrected chi connectivity index (χ4v) is 1.08. The summed E-state index contributed by atoms with van der Waals surface area (Å²) < 4.78 is 5.11. The molecule has 2 N–H and O–H groups in total. The predicted molar refractivity (Wildman–Crippen MR) is 46.4 cm³/mol. The number of nitrogens with zero attached hydrogens (tertiary/aromatic N) is 2. The Morgan fingerprint density at radius 2 is 2.08 bits per heavy atom. The zero-order chi connectivity index (χ0) is 9.42. The lowest BCUT2D eigenvalue weighted by atomic mass is 9.86. The van der Waals surface area contributed by atoms with Gasteiger partial charge in [-0.1, -0.05) is 0 Å². The van der Waals surface area contributed by atoms with Crippen molar-refractivity contribution in [2.75, 3.05) is 0 Å². The zero-order valence-corrected chi connectivity index (χ0v) is 6.93. The first-order valence-electron chi connectivity index (χ1n) is 3.77. The summed E-state index contributed by atoms with van der Waals surface area (Å²) in [5.41, 5.74) is 1.09. The second-order valence-electron chi connectivity index (χ2n) is 2.67. The summed E-state index contributed by atoms with van der Waals surface area (Å²) in [7, 11) is -1.57. The Labute approximate surface area is 74.2 Å². The summed E-state index contributed by atoms with van der Waals surface area (Å²) in [5.74, 6) is 0.507. The van der Waals surface area contributed by atoms with E-state index < -0.39 is 7.12 Å². The summed E-state index contributed by atoms with van der Waals surface area (Å²) in [6.45, 7) is 1.71. The molecule has 0 aliphatic heterocycles. The van der Waals surface area contributed by atoms with Crippen LogP contribution in [0.2, 0.25) is 0 Å². The second-order valence-corrected chi connectivity index (χ2v) is 2.67. The monoisotopic (exact) mass is 178 g/mol. The Bertz CT molecular complexity index is 440. The van der Waals surface area contributed by atoms with Gasteiger partial charge in [-0.3, -0.25) is 0 Å². The molecular weight excluding hydrogens is 171 g/mol. The molecule has 0 spiro atoms. The number of hydrogen-bond acceptors (Lipinski definition) is 5. The van der Waals surface area contributed by atoms with Crippen LogP contribution in [0.1, 0.15) is 5.89 Å². The number of rotatable bonds is 1. The number of aromatic nitrogens is 2. The summed E-state index contributed by atoms with van der Waals surface area (Å²) in [4.78, 5) is 7.89. The smallest absolute Gasteiger partial charge is 0.423 e. The lowest BCUT2D eigenvalue weighted by molar-refractivity contribution is 0.424. The van der Waals surface area contributed by atoms with E-state index >= 15 is 0 Å². The molecule has 0 aromatic carbocycles. The van der Waals surface area contributed by atoms with Gasteiger partial charge in [0.25, 0.3) is 0 Å². The lowest BCUT2D eigenvalue weighted by Gasteiger charge is -1.95. The summed E-state index contributed by atoms with van der Waals surface area (Å²) in [6.07, 6.45) is 0. The van der Waals surface area contributed by atoms with E-state index in [4.69, 9.17) is 14.5 Å². The van der Waals surface area contributed by atoms with E-state index in [1.807, 2.05) is 0 Å². The average Bonchev–Trinajstić information content (AvgIpc) is 2.42. The fraction of sp³-hybridized carbons (Fsp3) is 0.143. The molecule has 0 fully saturated rings. The van der Waals surface area contributed by atoms with Crippen molar-refractivity contribution in [1.82, 2.24) is 9.97 Å². The third-order valence-corrected chi connectivity index (χ3v) is 1.65. The highest BCUT2D eigenvalue weighted by Gasteiger charge is 2.14. The fourth-order valence-electron chi connectivity index (χ4n) is 1.08. The van der Waals surface area contributed by atoms with Gasteiger partial charge in [0.05, 0.1) is 5.59 Å². The Morgan fingerprint density at radius 1 is 1.31 bits per heavy atom. The number of oxazole rings is 1. The van der Waals surface area contributed by atoms with E-state index in [2.05, 4.69) is 9.97 Å². The molecule has 13 heavy (non-hydrogen) atoms. The molecule has 5 nitrogen and oxygen atoms in total. The van der Waals surface area contributed by atoms with E-state index in [1.165, 1.54) is 6.07 Å². The van der Waals surface area contributed by atoms with Gasteiger partial charge in [0, 0.05) is 6.92 Å². The second kappa shape index (κ2) is 2.83. The largest absolute Gasteiger partial charge is 0.508 e. The number of fused-ring (bicyclic) bond motifs is 1. The molecule has 2 rings (SSSR count). The molecule has 2 heterocycles. The van der Waals surface area contributed by atoms with Gasteiger partial charge in [-0.15, -0.1) is 0 Å². The summed E-state index contributed by atoms with van der Waals surface area (Å²) in [5, 5.41) is 17.6. The highest BCUT2D eigenvalue weighted by molar-refractivity contribution is 6.57. The van der Waals surface area contributed by atoms with Crippen LogP contribution in [0.3, 0.4) is 0 Å². The molecule has 2 aromatic rings. The van der Waals surface area contributed by atoms with Crippen molar-refractivity contribution in [3.63, 3.8) is 0 Å². The van der Waals surface area contributed by atoms with Gasteiger partial charge in [-0.25, -0.2) is 9.97 Å². The van der Waals surface area contributed by atoms with Crippen molar-refractivity contribution in [3.8, 4) is 0 Å². The van der Waals surface area contributed by atoms with Crippen LogP contribution in [-0.4, -0.2) is 27.1 Å². The standard InChI is InChI=1S/C7H7BN2O3/c1-4-9-5-2-3-6(8(11)12)10-7(5)13-4/h2-3,11-12H,1H3. The van der Waals surface area contributed by atoms with Gasteiger partial charge >= 0.3 is 7.12 Å². The highest BCUT2D eigenvalue weighted by atomic mass is 16.4. The van der Waals surface area contributed by atoms with E-state index in [9.17, 15) is 0 Å². The maximum Gasteiger partial charge on any atom is 0.508 e. The minimum atomic E-state index is -1.57.